The number of benzene rings is 1. The highest BCUT2D eigenvalue weighted by Crippen LogP contribution is 2.40. The Morgan fingerprint density at radius 1 is 1.53 bits per heavy atom. The summed E-state index contributed by atoms with van der Waals surface area (Å²) >= 11 is 3.25. The van der Waals surface area contributed by atoms with Crippen molar-refractivity contribution in [2.75, 3.05) is 5.32 Å². The van der Waals surface area contributed by atoms with Gasteiger partial charge in [0.25, 0.3) is 0 Å². The zero-order chi connectivity index (χ0) is 12.4. The smallest absolute Gasteiger partial charge is 0.232 e. The lowest BCUT2D eigenvalue weighted by Gasteiger charge is -2.06. The molecule has 0 aromatic heterocycles. The topological polar surface area (TPSA) is 29.1 Å². The third-order valence-corrected chi connectivity index (χ3v) is 3.39. The van der Waals surface area contributed by atoms with E-state index in [1.54, 1.807) is 6.92 Å². The van der Waals surface area contributed by atoms with E-state index in [1.807, 2.05) is 0 Å². The molecule has 1 amide bonds. The average molecular weight is 296 g/mol. The molecule has 0 bridgehead atoms. The van der Waals surface area contributed by atoms with Gasteiger partial charge in [0.05, 0.1) is 11.6 Å². The largest absolute Gasteiger partial charge is 0.324 e. The molecule has 0 radical (unpaired) electrons. The van der Waals surface area contributed by atoms with E-state index in [9.17, 15) is 9.18 Å². The summed E-state index contributed by atoms with van der Waals surface area (Å²) < 4.78 is 13.9. The first-order valence-electron chi connectivity index (χ1n) is 5.33. The van der Waals surface area contributed by atoms with E-state index in [2.05, 4.69) is 33.1 Å². The Morgan fingerprint density at radius 2 is 2.29 bits per heavy atom. The third-order valence-electron chi connectivity index (χ3n) is 2.76. The van der Waals surface area contributed by atoms with Gasteiger partial charge in [-0.1, -0.05) is 0 Å². The Labute approximate surface area is 108 Å². The molecule has 1 aromatic carbocycles. The molecule has 0 aliphatic carbocycles. The van der Waals surface area contributed by atoms with Crippen LogP contribution < -0.4 is 5.32 Å². The van der Waals surface area contributed by atoms with Crippen LogP contribution in [0, 0.1) is 17.7 Å². The maximum absolute atomic E-state index is 13.3. The van der Waals surface area contributed by atoms with E-state index in [1.165, 1.54) is 12.1 Å². The summed E-state index contributed by atoms with van der Waals surface area (Å²) in [5.74, 6) is 5.00. The molecule has 1 atom stereocenters. The van der Waals surface area contributed by atoms with Crippen molar-refractivity contribution in [2.45, 2.75) is 25.7 Å². The maximum atomic E-state index is 13.3. The van der Waals surface area contributed by atoms with E-state index in [0.29, 0.717) is 23.0 Å². The number of fused-ring (bicyclic) bond motifs is 1. The molecule has 17 heavy (non-hydrogen) atoms. The van der Waals surface area contributed by atoms with E-state index >= 15 is 0 Å². The molecule has 88 valence electrons. The van der Waals surface area contributed by atoms with Crippen molar-refractivity contribution in [3.05, 3.63) is 28.0 Å². The molecule has 2 nitrogen and oxygen atoms in total. The van der Waals surface area contributed by atoms with Crippen molar-refractivity contribution in [1.82, 2.24) is 0 Å². The van der Waals surface area contributed by atoms with Gasteiger partial charge in [-0.05, 0) is 47.0 Å². The van der Waals surface area contributed by atoms with Crippen LogP contribution >= 0.6 is 15.9 Å². The van der Waals surface area contributed by atoms with Gasteiger partial charge in [0.1, 0.15) is 5.82 Å². The highest BCUT2D eigenvalue weighted by Gasteiger charge is 2.31. The van der Waals surface area contributed by atoms with Crippen LogP contribution in [0.2, 0.25) is 0 Å². The van der Waals surface area contributed by atoms with Gasteiger partial charge in [-0.15, -0.1) is 11.8 Å². The van der Waals surface area contributed by atoms with E-state index in [4.69, 9.17) is 0 Å². The fourth-order valence-electron chi connectivity index (χ4n) is 1.98. The lowest BCUT2D eigenvalue weighted by atomic mass is 9.96. The molecule has 1 heterocycles. The van der Waals surface area contributed by atoms with Gasteiger partial charge in [0.2, 0.25) is 5.91 Å². The summed E-state index contributed by atoms with van der Waals surface area (Å²) in [5.41, 5.74) is 1.41. The van der Waals surface area contributed by atoms with Crippen LogP contribution in [0.5, 0.6) is 0 Å². The van der Waals surface area contributed by atoms with Crippen LogP contribution in [0.3, 0.4) is 0 Å². The van der Waals surface area contributed by atoms with E-state index in [-0.39, 0.29) is 17.6 Å². The van der Waals surface area contributed by atoms with Crippen molar-refractivity contribution >= 4 is 27.5 Å². The first-order chi connectivity index (χ1) is 8.13. The molecule has 1 aromatic rings. The summed E-state index contributed by atoms with van der Waals surface area (Å²) in [6, 6.07) is 2.77. The number of anilines is 1. The second-order valence-electron chi connectivity index (χ2n) is 3.86. The second kappa shape index (κ2) is 4.89. The molecule has 1 unspecified atom stereocenters. The Kier molecular flexibility index (Phi) is 3.49. The first-order valence-corrected chi connectivity index (χ1v) is 6.12. The minimum atomic E-state index is -0.335. The van der Waals surface area contributed by atoms with Gasteiger partial charge in [-0.25, -0.2) is 4.39 Å². The van der Waals surface area contributed by atoms with E-state index in [0.717, 1.165) is 5.56 Å². The molecule has 1 aliphatic heterocycles. The SMILES string of the molecule is CC#CCCC1C(=O)Nc2c(Br)cc(F)cc21. The fourth-order valence-corrected chi connectivity index (χ4v) is 2.53. The van der Waals surface area contributed by atoms with Crippen molar-refractivity contribution in [3.8, 4) is 11.8 Å². The number of rotatable bonds is 2. The van der Waals surface area contributed by atoms with Crippen LogP contribution in [-0.4, -0.2) is 5.91 Å². The molecule has 0 saturated carbocycles. The highest BCUT2D eigenvalue weighted by molar-refractivity contribution is 9.10. The van der Waals surface area contributed by atoms with Gasteiger partial charge >= 0.3 is 0 Å². The zero-order valence-corrected chi connectivity index (χ0v) is 10.9. The molecule has 2 rings (SSSR count). The Bertz CT molecular complexity index is 530. The zero-order valence-electron chi connectivity index (χ0n) is 9.31. The van der Waals surface area contributed by atoms with Crippen LogP contribution in [-0.2, 0) is 4.79 Å². The molecule has 4 heteroatoms. The Morgan fingerprint density at radius 3 is 3.00 bits per heavy atom. The van der Waals surface area contributed by atoms with Crippen LogP contribution in [0.25, 0.3) is 0 Å². The fraction of sp³-hybridized carbons (Fsp3) is 0.308. The molecule has 0 fully saturated rings. The van der Waals surface area contributed by atoms with Crippen molar-refractivity contribution in [3.63, 3.8) is 0 Å². The molecule has 0 spiro atoms. The molecular weight excluding hydrogens is 285 g/mol. The summed E-state index contributed by atoms with van der Waals surface area (Å²) in [6.07, 6.45) is 1.26. The third kappa shape index (κ3) is 2.34. The molecule has 1 N–H and O–H groups in total. The summed E-state index contributed by atoms with van der Waals surface area (Å²) in [4.78, 5) is 11.8. The standard InChI is InChI=1S/C13H11BrFNO/c1-2-3-4-5-9-10-6-8(15)7-11(14)12(10)16-13(9)17/h6-7,9H,4-5H2,1H3,(H,16,17). The first kappa shape index (κ1) is 12.1. The normalized spacial score (nSPS) is 17.1. The summed E-state index contributed by atoms with van der Waals surface area (Å²) in [5, 5.41) is 2.77. The van der Waals surface area contributed by atoms with Crippen LogP contribution in [0.15, 0.2) is 16.6 Å². The second-order valence-corrected chi connectivity index (χ2v) is 4.71. The Balaban J connectivity index is 2.31. The van der Waals surface area contributed by atoms with Crippen molar-refractivity contribution < 1.29 is 9.18 Å². The number of hydrogen-bond acceptors (Lipinski definition) is 1. The monoisotopic (exact) mass is 295 g/mol. The van der Waals surface area contributed by atoms with Gasteiger partial charge in [0.15, 0.2) is 0 Å². The van der Waals surface area contributed by atoms with Crippen molar-refractivity contribution in [1.29, 1.82) is 0 Å². The average Bonchev–Trinajstić information content (AvgIpc) is 2.57. The lowest BCUT2D eigenvalue weighted by molar-refractivity contribution is -0.117. The summed E-state index contributed by atoms with van der Waals surface area (Å²) in [7, 11) is 0. The maximum Gasteiger partial charge on any atom is 0.232 e. The number of carbonyl (C=O) groups excluding carboxylic acids is 1. The Hall–Kier alpha value is -1.34. The lowest BCUT2D eigenvalue weighted by Crippen LogP contribution is -2.11. The number of hydrogen-bond donors (Lipinski definition) is 1. The number of carbonyl (C=O) groups is 1. The predicted molar refractivity (Wildman–Crippen MR) is 68.2 cm³/mol. The number of halogens is 2. The van der Waals surface area contributed by atoms with Gasteiger partial charge in [-0.3, -0.25) is 4.79 Å². The predicted octanol–water partition coefficient (Wildman–Crippen LogP) is 3.43. The van der Waals surface area contributed by atoms with Crippen molar-refractivity contribution in [2.24, 2.45) is 0 Å². The summed E-state index contributed by atoms with van der Waals surface area (Å²) in [6.45, 7) is 1.76. The quantitative estimate of drug-likeness (QED) is 0.832. The van der Waals surface area contributed by atoms with Crippen LogP contribution in [0.1, 0.15) is 31.2 Å². The molecule has 1 aliphatic rings. The number of amides is 1. The van der Waals surface area contributed by atoms with Gasteiger partial charge < -0.3 is 5.32 Å². The highest BCUT2D eigenvalue weighted by atomic mass is 79.9. The van der Waals surface area contributed by atoms with Crippen LogP contribution in [0.4, 0.5) is 10.1 Å². The molecule has 0 saturated heterocycles. The minimum absolute atomic E-state index is 0.0794. The minimum Gasteiger partial charge on any atom is -0.324 e. The van der Waals surface area contributed by atoms with Gasteiger partial charge in [0, 0.05) is 10.9 Å². The van der Waals surface area contributed by atoms with E-state index < -0.39 is 0 Å². The number of nitrogens with one attached hydrogen (secondary N) is 1. The molecular formula is C13H11BrFNO. The van der Waals surface area contributed by atoms with Gasteiger partial charge in [-0.2, -0.15) is 0 Å².